The molecule has 0 atom stereocenters. The summed E-state index contributed by atoms with van der Waals surface area (Å²) in [6, 6.07) is 4.80. The number of alkyl halides is 1. The molecule has 3 nitrogen and oxygen atoms in total. The SMILES string of the molecule is CCC(=O)c1cc(CBr)ccc1C(=O)O. The van der Waals surface area contributed by atoms with E-state index in [1.54, 1.807) is 19.1 Å². The molecule has 0 heterocycles. The highest BCUT2D eigenvalue weighted by molar-refractivity contribution is 9.08. The van der Waals surface area contributed by atoms with Crippen molar-refractivity contribution in [3.8, 4) is 0 Å². The van der Waals surface area contributed by atoms with Gasteiger partial charge in [-0.3, -0.25) is 4.79 Å². The number of hydrogen-bond donors (Lipinski definition) is 1. The van der Waals surface area contributed by atoms with Crippen molar-refractivity contribution in [2.75, 3.05) is 0 Å². The number of aromatic carboxylic acids is 1. The normalized spacial score (nSPS) is 10.0. The summed E-state index contributed by atoms with van der Waals surface area (Å²) in [5.41, 5.74) is 1.27. The van der Waals surface area contributed by atoms with E-state index in [1.165, 1.54) is 6.07 Å². The molecular weight excluding hydrogens is 260 g/mol. The molecule has 1 rings (SSSR count). The predicted octanol–water partition coefficient (Wildman–Crippen LogP) is 2.87. The number of hydrogen-bond acceptors (Lipinski definition) is 2. The van der Waals surface area contributed by atoms with Crippen LogP contribution in [0.1, 0.15) is 39.6 Å². The minimum atomic E-state index is -1.06. The van der Waals surface area contributed by atoms with Crippen LogP contribution in [0.2, 0.25) is 0 Å². The third-order valence-corrected chi connectivity index (χ3v) is 2.74. The van der Waals surface area contributed by atoms with E-state index in [-0.39, 0.29) is 11.3 Å². The van der Waals surface area contributed by atoms with Crippen LogP contribution in [-0.2, 0) is 5.33 Å². The third-order valence-electron chi connectivity index (χ3n) is 2.09. The molecule has 0 aliphatic carbocycles. The molecule has 0 amide bonds. The van der Waals surface area contributed by atoms with Crippen LogP contribution in [-0.4, -0.2) is 16.9 Å². The topological polar surface area (TPSA) is 54.4 Å². The number of carbonyl (C=O) groups excluding carboxylic acids is 1. The van der Waals surface area contributed by atoms with Crippen LogP contribution < -0.4 is 0 Å². The van der Waals surface area contributed by atoms with E-state index in [2.05, 4.69) is 15.9 Å². The Morgan fingerprint density at radius 1 is 1.33 bits per heavy atom. The standard InChI is InChI=1S/C11H11BrO3/c1-2-10(13)9-5-7(6-12)3-4-8(9)11(14)15/h3-5H,2,6H2,1H3,(H,14,15). The minimum Gasteiger partial charge on any atom is -0.478 e. The van der Waals surface area contributed by atoms with Crippen molar-refractivity contribution in [3.63, 3.8) is 0 Å². The van der Waals surface area contributed by atoms with E-state index in [0.29, 0.717) is 17.3 Å². The third kappa shape index (κ3) is 2.65. The van der Waals surface area contributed by atoms with E-state index in [9.17, 15) is 9.59 Å². The lowest BCUT2D eigenvalue weighted by atomic mass is 10.00. The lowest BCUT2D eigenvalue weighted by molar-refractivity contribution is 0.0692. The molecule has 80 valence electrons. The molecule has 0 aromatic heterocycles. The number of halogens is 1. The van der Waals surface area contributed by atoms with Crippen LogP contribution in [0.25, 0.3) is 0 Å². The Hall–Kier alpha value is -1.16. The number of rotatable bonds is 4. The number of carboxylic acid groups (broad SMARTS) is 1. The highest BCUT2D eigenvalue weighted by atomic mass is 79.9. The Labute approximate surface area is 96.2 Å². The number of carboxylic acids is 1. The molecule has 15 heavy (non-hydrogen) atoms. The first-order valence-corrected chi connectivity index (χ1v) is 5.67. The summed E-state index contributed by atoms with van der Waals surface area (Å²) in [6.45, 7) is 1.72. The fourth-order valence-electron chi connectivity index (χ4n) is 1.28. The summed E-state index contributed by atoms with van der Waals surface area (Å²) in [7, 11) is 0. The molecular formula is C11H11BrO3. The Morgan fingerprint density at radius 2 is 2.00 bits per heavy atom. The fourth-order valence-corrected chi connectivity index (χ4v) is 1.63. The highest BCUT2D eigenvalue weighted by Gasteiger charge is 2.15. The molecule has 0 aliphatic rings. The van der Waals surface area contributed by atoms with Crippen molar-refractivity contribution >= 4 is 27.7 Å². The minimum absolute atomic E-state index is 0.0755. The second kappa shape index (κ2) is 5.07. The van der Waals surface area contributed by atoms with E-state index < -0.39 is 5.97 Å². The quantitative estimate of drug-likeness (QED) is 0.676. The van der Waals surface area contributed by atoms with Gasteiger partial charge in [-0.05, 0) is 17.7 Å². The maximum absolute atomic E-state index is 11.5. The number of carbonyl (C=O) groups is 2. The van der Waals surface area contributed by atoms with E-state index in [1.807, 2.05) is 0 Å². The second-order valence-electron chi connectivity index (χ2n) is 3.10. The number of benzene rings is 1. The van der Waals surface area contributed by atoms with Gasteiger partial charge < -0.3 is 5.11 Å². The smallest absolute Gasteiger partial charge is 0.336 e. The first-order chi connectivity index (χ1) is 7.10. The van der Waals surface area contributed by atoms with Crippen LogP contribution in [0.3, 0.4) is 0 Å². The molecule has 0 unspecified atom stereocenters. The van der Waals surface area contributed by atoms with Crippen molar-refractivity contribution in [1.82, 2.24) is 0 Å². The van der Waals surface area contributed by atoms with E-state index in [0.717, 1.165) is 5.56 Å². The summed E-state index contributed by atoms with van der Waals surface area (Å²) in [4.78, 5) is 22.4. The molecule has 0 saturated carbocycles. The van der Waals surface area contributed by atoms with Crippen molar-refractivity contribution < 1.29 is 14.7 Å². The average molecular weight is 271 g/mol. The van der Waals surface area contributed by atoms with Gasteiger partial charge in [-0.25, -0.2) is 4.79 Å². The molecule has 1 N–H and O–H groups in total. The van der Waals surface area contributed by atoms with E-state index in [4.69, 9.17) is 5.11 Å². The largest absolute Gasteiger partial charge is 0.478 e. The molecule has 0 saturated heterocycles. The summed E-state index contributed by atoms with van der Waals surface area (Å²) >= 11 is 3.27. The van der Waals surface area contributed by atoms with Gasteiger partial charge in [0.05, 0.1) is 5.56 Å². The Bertz CT molecular complexity index is 399. The molecule has 1 aromatic carbocycles. The summed E-state index contributed by atoms with van der Waals surface area (Å²) in [5, 5.41) is 9.52. The summed E-state index contributed by atoms with van der Waals surface area (Å²) in [5.74, 6) is -1.21. The molecule has 0 bridgehead atoms. The lowest BCUT2D eigenvalue weighted by Crippen LogP contribution is -2.08. The molecule has 0 radical (unpaired) electrons. The molecule has 1 aromatic rings. The van der Waals surface area contributed by atoms with Crippen LogP contribution in [0, 0.1) is 0 Å². The van der Waals surface area contributed by atoms with Gasteiger partial charge in [0.1, 0.15) is 0 Å². The maximum Gasteiger partial charge on any atom is 0.336 e. The maximum atomic E-state index is 11.5. The highest BCUT2D eigenvalue weighted by Crippen LogP contribution is 2.16. The van der Waals surface area contributed by atoms with Gasteiger partial charge in [0.2, 0.25) is 0 Å². The zero-order valence-electron chi connectivity index (χ0n) is 8.29. The Morgan fingerprint density at radius 3 is 2.47 bits per heavy atom. The second-order valence-corrected chi connectivity index (χ2v) is 3.66. The molecule has 0 fully saturated rings. The van der Waals surface area contributed by atoms with Gasteiger partial charge in [0.15, 0.2) is 5.78 Å². The van der Waals surface area contributed by atoms with Crippen LogP contribution in [0.5, 0.6) is 0 Å². The molecule has 4 heteroatoms. The van der Waals surface area contributed by atoms with Crippen molar-refractivity contribution in [1.29, 1.82) is 0 Å². The van der Waals surface area contributed by atoms with Gasteiger partial charge in [-0.1, -0.05) is 28.9 Å². The monoisotopic (exact) mass is 270 g/mol. The Kier molecular flexibility index (Phi) is 4.03. The summed E-state index contributed by atoms with van der Waals surface area (Å²) < 4.78 is 0. The van der Waals surface area contributed by atoms with Gasteiger partial charge in [0.25, 0.3) is 0 Å². The van der Waals surface area contributed by atoms with Crippen LogP contribution in [0.4, 0.5) is 0 Å². The van der Waals surface area contributed by atoms with Crippen LogP contribution >= 0.6 is 15.9 Å². The summed E-state index contributed by atoms with van der Waals surface area (Å²) in [6.07, 6.45) is 0.312. The molecule has 0 spiro atoms. The predicted molar refractivity (Wildman–Crippen MR) is 60.7 cm³/mol. The van der Waals surface area contributed by atoms with Gasteiger partial charge in [-0.15, -0.1) is 0 Å². The lowest BCUT2D eigenvalue weighted by Gasteiger charge is -2.05. The van der Waals surface area contributed by atoms with Gasteiger partial charge >= 0.3 is 5.97 Å². The first kappa shape index (κ1) is 11.9. The fraction of sp³-hybridized carbons (Fsp3) is 0.273. The first-order valence-electron chi connectivity index (χ1n) is 4.55. The van der Waals surface area contributed by atoms with Crippen LogP contribution in [0.15, 0.2) is 18.2 Å². The van der Waals surface area contributed by atoms with Crippen molar-refractivity contribution in [2.45, 2.75) is 18.7 Å². The number of ketones is 1. The average Bonchev–Trinajstić information content (AvgIpc) is 2.26. The van der Waals surface area contributed by atoms with Crippen molar-refractivity contribution in [2.24, 2.45) is 0 Å². The number of Topliss-reactive ketones (excluding diaryl/α,β-unsaturated/α-hetero) is 1. The van der Waals surface area contributed by atoms with Gasteiger partial charge in [0, 0.05) is 17.3 Å². The van der Waals surface area contributed by atoms with E-state index >= 15 is 0 Å². The Balaban J connectivity index is 3.28. The molecule has 0 aliphatic heterocycles. The van der Waals surface area contributed by atoms with Gasteiger partial charge in [-0.2, -0.15) is 0 Å². The van der Waals surface area contributed by atoms with Crippen molar-refractivity contribution in [3.05, 3.63) is 34.9 Å². The zero-order valence-corrected chi connectivity index (χ0v) is 9.87. The zero-order chi connectivity index (χ0) is 11.4.